The Hall–Kier alpha value is -1.31. The van der Waals surface area contributed by atoms with Crippen molar-refractivity contribution in [2.45, 2.75) is 27.7 Å². The van der Waals surface area contributed by atoms with Crippen LogP contribution in [-0.2, 0) is 0 Å². The van der Waals surface area contributed by atoms with Gasteiger partial charge in [-0.2, -0.15) is 0 Å². The summed E-state index contributed by atoms with van der Waals surface area (Å²) in [5.74, 6) is 1.12. The SMILES string of the molecule is C=Cc1cnoc1C(=C)C(C)C.CC. The topological polar surface area (TPSA) is 26.0 Å². The van der Waals surface area contributed by atoms with E-state index in [9.17, 15) is 0 Å². The Kier molecular flexibility index (Phi) is 5.61. The van der Waals surface area contributed by atoms with E-state index < -0.39 is 0 Å². The maximum absolute atomic E-state index is 5.06. The predicted octanol–water partition coefficient (Wildman–Crippen LogP) is 4.01. The van der Waals surface area contributed by atoms with Gasteiger partial charge in [0.25, 0.3) is 0 Å². The van der Waals surface area contributed by atoms with E-state index >= 15 is 0 Å². The first-order valence-corrected chi connectivity index (χ1v) is 4.93. The molecule has 0 radical (unpaired) electrons. The van der Waals surface area contributed by atoms with E-state index in [1.54, 1.807) is 12.3 Å². The van der Waals surface area contributed by atoms with Crippen molar-refractivity contribution in [1.29, 1.82) is 0 Å². The highest BCUT2D eigenvalue weighted by molar-refractivity contribution is 5.68. The van der Waals surface area contributed by atoms with Crippen LogP contribution in [0.1, 0.15) is 39.0 Å². The molecule has 1 rings (SSSR count). The van der Waals surface area contributed by atoms with Crippen molar-refractivity contribution >= 4 is 11.6 Å². The summed E-state index contributed by atoms with van der Waals surface area (Å²) in [6.07, 6.45) is 3.37. The van der Waals surface area contributed by atoms with Crippen molar-refractivity contribution in [3.05, 3.63) is 30.7 Å². The van der Waals surface area contributed by atoms with Crippen molar-refractivity contribution in [2.75, 3.05) is 0 Å². The van der Waals surface area contributed by atoms with Gasteiger partial charge in [-0.1, -0.05) is 52.1 Å². The lowest BCUT2D eigenvalue weighted by molar-refractivity contribution is 0.406. The maximum atomic E-state index is 5.06. The van der Waals surface area contributed by atoms with Gasteiger partial charge in [0.1, 0.15) is 0 Å². The molecule has 0 unspecified atom stereocenters. The average Bonchev–Trinajstić information content (AvgIpc) is 2.67. The molecule has 78 valence electrons. The summed E-state index contributed by atoms with van der Waals surface area (Å²) in [6, 6.07) is 0. The molecule has 0 aliphatic rings. The summed E-state index contributed by atoms with van der Waals surface area (Å²) in [7, 11) is 0. The highest BCUT2D eigenvalue weighted by Crippen LogP contribution is 2.24. The zero-order valence-electron chi connectivity index (χ0n) is 9.50. The third-order valence-corrected chi connectivity index (χ3v) is 1.81. The minimum atomic E-state index is 0.372. The molecule has 1 aromatic heterocycles. The summed E-state index contributed by atoms with van der Waals surface area (Å²) in [5.41, 5.74) is 1.87. The van der Waals surface area contributed by atoms with E-state index in [-0.39, 0.29) is 0 Å². The molecule has 0 spiro atoms. The fourth-order valence-electron chi connectivity index (χ4n) is 0.899. The van der Waals surface area contributed by atoms with Gasteiger partial charge in [0.2, 0.25) is 0 Å². The van der Waals surface area contributed by atoms with Gasteiger partial charge in [-0.05, 0) is 11.5 Å². The molecule has 0 atom stereocenters. The van der Waals surface area contributed by atoms with Crippen molar-refractivity contribution in [3.63, 3.8) is 0 Å². The quantitative estimate of drug-likeness (QED) is 0.724. The van der Waals surface area contributed by atoms with E-state index in [0.29, 0.717) is 5.92 Å². The standard InChI is InChI=1S/C10H13NO.C2H6/c1-5-9-6-11-12-10(9)8(4)7(2)3;1-2/h5-7H,1,4H2,2-3H3;1-2H3. The molecule has 0 aliphatic carbocycles. The van der Waals surface area contributed by atoms with Crippen molar-refractivity contribution in [3.8, 4) is 0 Å². The molecule has 0 aliphatic heterocycles. The Morgan fingerprint density at radius 3 is 2.50 bits per heavy atom. The minimum absolute atomic E-state index is 0.372. The van der Waals surface area contributed by atoms with Crippen LogP contribution in [0.3, 0.4) is 0 Å². The minimum Gasteiger partial charge on any atom is -0.356 e. The van der Waals surface area contributed by atoms with Gasteiger partial charge < -0.3 is 4.52 Å². The van der Waals surface area contributed by atoms with Gasteiger partial charge in [-0.25, -0.2) is 0 Å². The number of allylic oxidation sites excluding steroid dienone is 1. The van der Waals surface area contributed by atoms with E-state index in [2.05, 4.69) is 32.2 Å². The van der Waals surface area contributed by atoms with Crippen LogP contribution in [-0.4, -0.2) is 5.16 Å². The second kappa shape index (κ2) is 6.19. The molecular formula is C12H19NO. The molecule has 0 saturated carbocycles. The fourth-order valence-corrected chi connectivity index (χ4v) is 0.899. The lowest BCUT2D eigenvalue weighted by Gasteiger charge is -2.05. The molecule has 0 amide bonds. The van der Waals surface area contributed by atoms with Gasteiger partial charge in [0.15, 0.2) is 5.76 Å². The molecule has 14 heavy (non-hydrogen) atoms. The maximum Gasteiger partial charge on any atom is 0.169 e. The van der Waals surface area contributed by atoms with Gasteiger partial charge in [-0.3, -0.25) is 0 Å². The second-order valence-corrected chi connectivity index (χ2v) is 2.99. The van der Waals surface area contributed by atoms with E-state index in [1.165, 1.54) is 0 Å². The molecule has 2 heteroatoms. The third kappa shape index (κ3) is 2.87. The molecule has 0 bridgehead atoms. The zero-order chi connectivity index (χ0) is 11.1. The van der Waals surface area contributed by atoms with Crippen LogP contribution < -0.4 is 0 Å². The Morgan fingerprint density at radius 1 is 1.50 bits per heavy atom. The zero-order valence-corrected chi connectivity index (χ0v) is 9.50. The third-order valence-electron chi connectivity index (χ3n) is 1.81. The van der Waals surface area contributed by atoms with Crippen LogP contribution in [0, 0.1) is 5.92 Å². The monoisotopic (exact) mass is 193 g/mol. The molecule has 0 aromatic carbocycles. The molecule has 1 aromatic rings. The lowest BCUT2D eigenvalue weighted by atomic mass is 10.0. The van der Waals surface area contributed by atoms with Crippen LogP contribution in [0.25, 0.3) is 11.6 Å². The smallest absolute Gasteiger partial charge is 0.169 e. The van der Waals surface area contributed by atoms with Gasteiger partial charge in [-0.15, -0.1) is 0 Å². The highest BCUT2D eigenvalue weighted by Gasteiger charge is 2.11. The highest BCUT2D eigenvalue weighted by atomic mass is 16.5. The Labute approximate surface area is 86.3 Å². The molecule has 2 nitrogen and oxygen atoms in total. The normalized spacial score (nSPS) is 9.21. The van der Waals surface area contributed by atoms with E-state index in [4.69, 9.17) is 4.52 Å². The van der Waals surface area contributed by atoms with Crippen molar-refractivity contribution < 1.29 is 4.52 Å². The Morgan fingerprint density at radius 2 is 2.07 bits per heavy atom. The summed E-state index contributed by atoms with van der Waals surface area (Å²) in [5, 5.41) is 3.69. The lowest BCUT2D eigenvalue weighted by Crippen LogP contribution is -1.91. The van der Waals surface area contributed by atoms with E-state index in [1.807, 2.05) is 13.8 Å². The molecule has 0 fully saturated rings. The van der Waals surface area contributed by atoms with E-state index in [0.717, 1.165) is 16.9 Å². The molecular weight excluding hydrogens is 174 g/mol. The second-order valence-electron chi connectivity index (χ2n) is 2.99. The first-order valence-electron chi connectivity index (χ1n) is 4.93. The molecule has 0 saturated heterocycles. The van der Waals surface area contributed by atoms with Crippen molar-refractivity contribution in [2.24, 2.45) is 5.92 Å². The van der Waals surface area contributed by atoms with Crippen LogP contribution in [0.2, 0.25) is 0 Å². The molecule has 0 N–H and O–H groups in total. The summed E-state index contributed by atoms with van der Waals surface area (Å²) in [6.45, 7) is 15.7. The number of nitrogens with zero attached hydrogens (tertiary/aromatic N) is 1. The van der Waals surface area contributed by atoms with Gasteiger partial charge in [0, 0.05) is 5.56 Å². The Balaban J connectivity index is 0.000000791. The predicted molar refractivity (Wildman–Crippen MR) is 61.8 cm³/mol. The summed E-state index contributed by atoms with van der Waals surface area (Å²) >= 11 is 0. The van der Waals surface area contributed by atoms with Crippen LogP contribution in [0.15, 0.2) is 23.9 Å². The number of aromatic nitrogens is 1. The first-order chi connectivity index (χ1) is 6.66. The fraction of sp³-hybridized carbons (Fsp3) is 0.417. The molecule has 1 heterocycles. The number of hydrogen-bond acceptors (Lipinski definition) is 2. The van der Waals surface area contributed by atoms with Crippen LogP contribution in [0.4, 0.5) is 0 Å². The summed E-state index contributed by atoms with van der Waals surface area (Å²) < 4.78 is 5.06. The van der Waals surface area contributed by atoms with Crippen LogP contribution >= 0.6 is 0 Å². The van der Waals surface area contributed by atoms with Crippen LogP contribution in [0.5, 0.6) is 0 Å². The van der Waals surface area contributed by atoms with Gasteiger partial charge in [0.05, 0.1) is 6.20 Å². The first kappa shape index (κ1) is 12.7. The van der Waals surface area contributed by atoms with Crippen molar-refractivity contribution in [1.82, 2.24) is 5.16 Å². The number of hydrogen-bond donors (Lipinski definition) is 0. The summed E-state index contributed by atoms with van der Waals surface area (Å²) in [4.78, 5) is 0. The Bertz CT molecular complexity index is 297. The van der Waals surface area contributed by atoms with Gasteiger partial charge >= 0.3 is 0 Å². The number of rotatable bonds is 3. The average molecular weight is 193 g/mol. The largest absolute Gasteiger partial charge is 0.356 e.